The first-order valence-electron chi connectivity index (χ1n) is 8.56. The first-order valence-corrected chi connectivity index (χ1v) is 8.56. The zero-order valence-corrected chi connectivity index (χ0v) is 14.1. The molecule has 2 atom stereocenters. The maximum Gasteiger partial charge on any atom is 0.124 e. The van der Waals surface area contributed by atoms with Crippen molar-refractivity contribution >= 4 is 12.4 Å². The topological polar surface area (TPSA) is 65.2 Å². The molecule has 0 heterocycles. The largest absolute Gasteiger partial charge is 0.507 e. The lowest BCUT2D eigenvalue weighted by molar-refractivity contribution is 0.390. The smallest absolute Gasteiger partial charge is 0.124 e. The molecule has 6 heteroatoms. The standard InChI is InChI=1S/C20H20F2N2O2/c21-15-5-7-19(25)13(9-15)11-23-17-3-1-2-4-18(17)24-12-14-10-16(22)6-8-20(14)26/h5-12,17-18,25-26H,1-4H2/t17-,18-/m1/s1. The van der Waals surface area contributed by atoms with Crippen LogP contribution in [0.5, 0.6) is 11.5 Å². The molecule has 0 spiro atoms. The second-order valence-corrected chi connectivity index (χ2v) is 6.38. The molecule has 136 valence electrons. The van der Waals surface area contributed by atoms with Gasteiger partial charge in [-0.3, -0.25) is 9.98 Å². The maximum atomic E-state index is 13.3. The molecule has 1 aliphatic rings. The Morgan fingerprint density at radius 3 is 1.62 bits per heavy atom. The third-order valence-corrected chi connectivity index (χ3v) is 4.48. The third-order valence-electron chi connectivity index (χ3n) is 4.48. The molecule has 2 aromatic carbocycles. The van der Waals surface area contributed by atoms with Gasteiger partial charge < -0.3 is 10.2 Å². The van der Waals surface area contributed by atoms with E-state index in [4.69, 9.17) is 0 Å². The monoisotopic (exact) mass is 358 g/mol. The number of nitrogens with zero attached hydrogens (tertiary/aromatic N) is 2. The fourth-order valence-corrected chi connectivity index (χ4v) is 3.05. The van der Waals surface area contributed by atoms with E-state index in [0.29, 0.717) is 11.1 Å². The fraction of sp³-hybridized carbons (Fsp3) is 0.300. The molecular formula is C20H20F2N2O2. The Bertz CT molecular complexity index is 767. The van der Waals surface area contributed by atoms with Gasteiger partial charge in [-0.05, 0) is 49.2 Å². The summed E-state index contributed by atoms with van der Waals surface area (Å²) in [6, 6.07) is 7.18. The summed E-state index contributed by atoms with van der Waals surface area (Å²) >= 11 is 0. The quantitative estimate of drug-likeness (QED) is 0.804. The van der Waals surface area contributed by atoms with E-state index >= 15 is 0 Å². The second-order valence-electron chi connectivity index (χ2n) is 6.38. The lowest BCUT2D eigenvalue weighted by Gasteiger charge is -2.25. The Balaban J connectivity index is 1.77. The summed E-state index contributed by atoms with van der Waals surface area (Å²) in [7, 11) is 0. The van der Waals surface area contributed by atoms with Crippen molar-refractivity contribution in [3.05, 3.63) is 59.2 Å². The summed E-state index contributed by atoms with van der Waals surface area (Å²) in [6.07, 6.45) is 6.60. The van der Waals surface area contributed by atoms with Crippen molar-refractivity contribution in [3.63, 3.8) is 0 Å². The van der Waals surface area contributed by atoms with E-state index in [1.807, 2.05) is 0 Å². The lowest BCUT2D eigenvalue weighted by atomic mass is 9.91. The van der Waals surface area contributed by atoms with E-state index in [1.165, 1.54) is 48.8 Å². The molecule has 1 fully saturated rings. The number of rotatable bonds is 4. The fourth-order valence-electron chi connectivity index (χ4n) is 3.05. The van der Waals surface area contributed by atoms with E-state index in [1.54, 1.807) is 0 Å². The first-order chi connectivity index (χ1) is 12.5. The van der Waals surface area contributed by atoms with Crippen LogP contribution in [0.4, 0.5) is 8.78 Å². The molecule has 0 saturated heterocycles. The minimum Gasteiger partial charge on any atom is -0.507 e. The molecule has 2 aromatic rings. The van der Waals surface area contributed by atoms with Crippen molar-refractivity contribution in [2.75, 3.05) is 0 Å². The van der Waals surface area contributed by atoms with Crippen LogP contribution in [0.2, 0.25) is 0 Å². The highest BCUT2D eigenvalue weighted by atomic mass is 19.1. The maximum absolute atomic E-state index is 13.3. The van der Waals surface area contributed by atoms with E-state index in [-0.39, 0.29) is 23.6 Å². The van der Waals surface area contributed by atoms with Gasteiger partial charge in [-0.1, -0.05) is 12.8 Å². The van der Waals surface area contributed by atoms with Gasteiger partial charge in [0.2, 0.25) is 0 Å². The molecule has 0 radical (unpaired) electrons. The van der Waals surface area contributed by atoms with Gasteiger partial charge in [0.15, 0.2) is 0 Å². The number of aromatic hydroxyl groups is 2. The average Bonchev–Trinajstić information content (AvgIpc) is 2.64. The molecule has 4 nitrogen and oxygen atoms in total. The van der Waals surface area contributed by atoms with Crippen molar-refractivity contribution in [2.24, 2.45) is 9.98 Å². The Labute approximate surface area is 150 Å². The molecule has 0 aliphatic heterocycles. The van der Waals surface area contributed by atoms with Crippen LogP contribution >= 0.6 is 0 Å². The summed E-state index contributed by atoms with van der Waals surface area (Å²) in [5.74, 6) is -0.945. The third kappa shape index (κ3) is 4.45. The van der Waals surface area contributed by atoms with Crippen LogP contribution in [-0.4, -0.2) is 34.7 Å². The summed E-state index contributed by atoms with van der Waals surface area (Å²) in [5.41, 5.74) is 0.641. The Morgan fingerprint density at radius 2 is 1.19 bits per heavy atom. The summed E-state index contributed by atoms with van der Waals surface area (Å²) in [4.78, 5) is 8.97. The molecule has 3 rings (SSSR count). The highest BCUT2D eigenvalue weighted by molar-refractivity contribution is 5.84. The molecule has 1 saturated carbocycles. The zero-order valence-electron chi connectivity index (χ0n) is 14.1. The number of halogens is 2. The van der Waals surface area contributed by atoms with Crippen molar-refractivity contribution in [1.29, 1.82) is 0 Å². The normalized spacial score (nSPS) is 20.8. The van der Waals surface area contributed by atoms with Gasteiger partial charge in [0, 0.05) is 23.6 Å². The van der Waals surface area contributed by atoms with E-state index in [9.17, 15) is 19.0 Å². The van der Waals surface area contributed by atoms with Crippen LogP contribution in [0, 0.1) is 11.6 Å². The number of aliphatic imine (C=N–C) groups is 2. The summed E-state index contributed by atoms with van der Waals surface area (Å²) in [6.45, 7) is 0. The van der Waals surface area contributed by atoms with Gasteiger partial charge in [-0.2, -0.15) is 0 Å². The Morgan fingerprint density at radius 1 is 0.769 bits per heavy atom. The highest BCUT2D eigenvalue weighted by Crippen LogP contribution is 2.25. The van der Waals surface area contributed by atoms with Gasteiger partial charge >= 0.3 is 0 Å². The predicted octanol–water partition coefficient (Wildman–Crippen LogP) is 4.23. The van der Waals surface area contributed by atoms with Crippen molar-refractivity contribution in [1.82, 2.24) is 0 Å². The lowest BCUT2D eigenvalue weighted by Crippen LogP contribution is -2.27. The minimum absolute atomic E-state index is 0.0318. The Hall–Kier alpha value is -2.76. The molecule has 0 bridgehead atoms. The minimum atomic E-state index is -0.441. The highest BCUT2D eigenvalue weighted by Gasteiger charge is 2.23. The zero-order chi connectivity index (χ0) is 18.5. The molecule has 26 heavy (non-hydrogen) atoms. The van der Waals surface area contributed by atoms with Crippen molar-refractivity contribution < 1.29 is 19.0 Å². The Kier molecular flexibility index (Phi) is 5.61. The number of benzene rings is 2. The number of phenolic OH excluding ortho intramolecular Hbond substituents is 2. The molecule has 2 N–H and O–H groups in total. The van der Waals surface area contributed by atoms with E-state index < -0.39 is 11.6 Å². The SMILES string of the molecule is Oc1ccc(F)cc1C=N[C@@H]1CCCC[C@H]1N=Cc1cc(F)ccc1O. The predicted molar refractivity (Wildman–Crippen MR) is 97.4 cm³/mol. The van der Waals surface area contributed by atoms with Crippen LogP contribution in [0.1, 0.15) is 36.8 Å². The van der Waals surface area contributed by atoms with Crippen LogP contribution in [0.25, 0.3) is 0 Å². The average molecular weight is 358 g/mol. The molecule has 1 aliphatic carbocycles. The summed E-state index contributed by atoms with van der Waals surface area (Å²) in [5, 5.41) is 19.6. The van der Waals surface area contributed by atoms with Gasteiger partial charge in [0.25, 0.3) is 0 Å². The van der Waals surface area contributed by atoms with Crippen LogP contribution < -0.4 is 0 Å². The summed E-state index contributed by atoms with van der Waals surface area (Å²) < 4.78 is 26.6. The second kappa shape index (κ2) is 8.08. The molecule has 0 unspecified atom stereocenters. The number of hydrogen-bond acceptors (Lipinski definition) is 4. The molecule has 0 amide bonds. The van der Waals surface area contributed by atoms with Crippen LogP contribution in [0.15, 0.2) is 46.4 Å². The van der Waals surface area contributed by atoms with Crippen molar-refractivity contribution in [2.45, 2.75) is 37.8 Å². The van der Waals surface area contributed by atoms with Gasteiger partial charge in [-0.15, -0.1) is 0 Å². The van der Waals surface area contributed by atoms with Gasteiger partial charge in [0.05, 0.1) is 12.1 Å². The van der Waals surface area contributed by atoms with Crippen LogP contribution in [0.3, 0.4) is 0 Å². The van der Waals surface area contributed by atoms with Gasteiger partial charge in [0.1, 0.15) is 23.1 Å². The molecule has 0 aromatic heterocycles. The van der Waals surface area contributed by atoms with Crippen LogP contribution in [-0.2, 0) is 0 Å². The first kappa shape index (κ1) is 18.0. The van der Waals surface area contributed by atoms with Crippen molar-refractivity contribution in [3.8, 4) is 11.5 Å². The van der Waals surface area contributed by atoms with E-state index in [0.717, 1.165) is 25.7 Å². The van der Waals surface area contributed by atoms with E-state index in [2.05, 4.69) is 9.98 Å². The van der Waals surface area contributed by atoms with Gasteiger partial charge in [-0.25, -0.2) is 8.78 Å². The number of phenols is 2. The number of hydrogen-bond donors (Lipinski definition) is 2. The molecular weight excluding hydrogens is 338 g/mol.